The van der Waals surface area contributed by atoms with Gasteiger partial charge in [-0.3, -0.25) is 4.99 Å². The van der Waals surface area contributed by atoms with Gasteiger partial charge < -0.3 is 20.1 Å². The van der Waals surface area contributed by atoms with Crippen LogP contribution in [0.1, 0.15) is 19.8 Å². The molecule has 1 aromatic rings. The monoisotopic (exact) mass is 419 g/mol. The standard InChI is InChI=1S/C16H25N3O2.HI/c1-16(9-6-11-21-16)13-19-15(17-2)18-10-12-20-14-7-4-3-5-8-14;/h3-5,7-8H,6,9-13H2,1-2H3,(H2,17,18,19);1H. The molecule has 1 aromatic carbocycles. The zero-order valence-electron chi connectivity index (χ0n) is 13.3. The molecular formula is C16H26IN3O2. The molecule has 1 aliphatic rings. The van der Waals surface area contributed by atoms with Gasteiger partial charge in [-0.25, -0.2) is 0 Å². The maximum atomic E-state index is 5.75. The molecule has 0 aromatic heterocycles. The number of rotatable bonds is 6. The third-order valence-corrected chi connectivity index (χ3v) is 3.56. The minimum atomic E-state index is -0.0713. The van der Waals surface area contributed by atoms with Gasteiger partial charge >= 0.3 is 0 Å². The summed E-state index contributed by atoms with van der Waals surface area (Å²) in [6, 6.07) is 9.80. The van der Waals surface area contributed by atoms with Crippen molar-refractivity contribution in [1.29, 1.82) is 0 Å². The first kappa shape index (κ1) is 19.0. The Labute approximate surface area is 149 Å². The van der Waals surface area contributed by atoms with E-state index in [1.807, 2.05) is 30.3 Å². The molecule has 124 valence electrons. The van der Waals surface area contributed by atoms with Gasteiger partial charge in [0, 0.05) is 20.2 Å². The zero-order valence-corrected chi connectivity index (χ0v) is 15.6. The summed E-state index contributed by atoms with van der Waals surface area (Å²) < 4.78 is 11.4. The second-order valence-electron chi connectivity index (χ2n) is 5.42. The van der Waals surface area contributed by atoms with Crippen LogP contribution in [0.5, 0.6) is 5.75 Å². The van der Waals surface area contributed by atoms with E-state index in [-0.39, 0.29) is 29.6 Å². The second-order valence-corrected chi connectivity index (χ2v) is 5.42. The number of aliphatic imine (C=N–C) groups is 1. The molecule has 0 aliphatic carbocycles. The maximum Gasteiger partial charge on any atom is 0.191 e. The first-order chi connectivity index (χ1) is 10.2. The van der Waals surface area contributed by atoms with Crippen molar-refractivity contribution in [2.75, 3.05) is 33.4 Å². The summed E-state index contributed by atoms with van der Waals surface area (Å²) in [5.74, 6) is 1.66. The molecule has 22 heavy (non-hydrogen) atoms. The van der Waals surface area contributed by atoms with Crippen LogP contribution in [0.2, 0.25) is 0 Å². The molecule has 1 unspecified atom stereocenters. The lowest BCUT2D eigenvalue weighted by molar-refractivity contribution is 0.0243. The van der Waals surface area contributed by atoms with Crippen molar-refractivity contribution in [2.45, 2.75) is 25.4 Å². The Kier molecular flexibility index (Phi) is 8.55. The topological polar surface area (TPSA) is 54.9 Å². The van der Waals surface area contributed by atoms with Gasteiger partial charge in [-0.2, -0.15) is 0 Å². The molecule has 1 heterocycles. The van der Waals surface area contributed by atoms with Crippen molar-refractivity contribution in [2.24, 2.45) is 4.99 Å². The predicted molar refractivity (Wildman–Crippen MR) is 100 cm³/mol. The summed E-state index contributed by atoms with van der Waals surface area (Å²) in [6.07, 6.45) is 2.23. The quantitative estimate of drug-likeness (QED) is 0.322. The third kappa shape index (κ3) is 6.39. The van der Waals surface area contributed by atoms with E-state index in [0.29, 0.717) is 13.2 Å². The molecular weight excluding hydrogens is 393 g/mol. The molecule has 0 amide bonds. The van der Waals surface area contributed by atoms with E-state index in [4.69, 9.17) is 9.47 Å². The number of halogens is 1. The Bertz CT molecular complexity index is 448. The number of guanidine groups is 1. The van der Waals surface area contributed by atoms with Gasteiger partial charge in [-0.1, -0.05) is 18.2 Å². The SMILES string of the molecule is CN=C(NCCOc1ccccc1)NCC1(C)CCCO1.I. The van der Waals surface area contributed by atoms with Crippen molar-refractivity contribution < 1.29 is 9.47 Å². The number of hydrogen-bond donors (Lipinski definition) is 2. The largest absolute Gasteiger partial charge is 0.492 e. The number of benzene rings is 1. The van der Waals surface area contributed by atoms with Gasteiger partial charge in [0.15, 0.2) is 5.96 Å². The molecule has 1 atom stereocenters. The molecule has 1 fully saturated rings. The average Bonchev–Trinajstić information content (AvgIpc) is 2.95. The lowest BCUT2D eigenvalue weighted by atomic mass is 10.0. The summed E-state index contributed by atoms with van der Waals surface area (Å²) >= 11 is 0. The van der Waals surface area contributed by atoms with Crippen molar-refractivity contribution in [3.05, 3.63) is 30.3 Å². The Balaban J connectivity index is 0.00000242. The molecule has 1 aliphatic heterocycles. The summed E-state index contributed by atoms with van der Waals surface area (Å²) in [7, 11) is 1.77. The molecule has 6 heteroatoms. The Morgan fingerprint density at radius 1 is 1.32 bits per heavy atom. The summed E-state index contributed by atoms with van der Waals surface area (Å²) in [4.78, 5) is 4.21. The van der Waals surface area contributed by atoms with Gasteiger partial charge in [-0.05, 0) is 31.9 Å². The number of nitrogens with zero attached hydrogens (tertiary/aromatic N) is 1. The number of ether oxygens (including phenoxy) is 2. The van der Waals surface area contributed by atoms with E-state index in [1.165, 1.54) is 0 Å². The predicted octanol–water partition coefficient (Wildman–Crippen LogP) is 2.42. The lowest BCUT2D eigenvalue weighted by Crippen LogP contribution is -2.46. The molecule has 0 saturated carbocycles. The normalized spacial score (nSPS) is 21.1. The second kappa shape index (κ2) is 9.89. The van der Waals surface area contributed by atoms with Crippen molar-refractivity contribution >= 4 is 29.9 Å². The summed E-state index contributed by atoms with van der Waals surface area (Å²) in [6.45, 7) is 5.06. The van der Waals surface area contributed by atoms with Crippen LogP contribution in [0.4, 0.5) is 0 Å². The zero-order chi connectivity index (χ0) is 15.0. The van der Waals surface area contributed by atoms with Gasteiger partial charge in [0.2, 0.25) is 0 Å². The van der Waals surface area contributed by atoms with Crippen LogP contribution in [0.3, 0.4) is 0 Å². The average molecular weight is 419 g/mol. The summed E-state index contributed by atoms with van der Waals surface area (Å²) in [5.41, 5.74) is -0.0713. The minimum absolute atomic E-state index is 0. The smallest absolute Gasteiger partial charge is 0.191 e. The highest BCUT2D eigenvalue weighted by Gasteiger charge is 2.29. The molecule has 2 N–H and O–H groups in total. The molecule has 0 bridgehead atoms. The van der Waals surface area contributed by atoms with Crippen LogP contribution < -0.4 is 15.4 Å². The van der Waals surface area contributed by atoms with Crippen LogP contribution in [-0.4, -0.2) is 44.9 Å². The highest BCUT2D eigenvalue weighted by Crippen LogP contribution is 2.23. The first-order valence-electron chi connectivity index (χ1n) is 7.48. The Hall–Kier alpha value is -1.02. The lowest BCUT2D eigenvalue weighted by Gasteiger charge is -2.24. The fraction of sp³-hybridized carbons (Fsp3) is 0.562. The minimum Gasteiger partial charge on any atom is -0.492 e. The Morgan fingerprint density at radius 3 is 2.73 bits per heavy atom. The number of para-hydroxylation sites is 1. The molecule has 2 rings (SSSR count). The van der Waals surface area contributed by atoms with E-state index in [2.05, 4.69) is 22.5 Å². The third-order valence-electron chi connectivity index (χ3n) is 3.56. The highest BCUT2D eigenvalue weighted by molar-refractivity contribution is 14.0. The van der Waals surface area contributed by atoms with Crippen LogP contribution in [0, 0.1) is 0 Å². The van der Waals surface area contributed by atoms with Crippen molar-refractivity contribution in [3.8, 4) is 5.75 Å². The van der Waals surface area contributed by atoms with E-state index in [0.717, 1.165) is 37.7 Å². The number of nitrogens with one attached hydrogen (secondary N) is 2. The summed E-state index contributed by atoms with van der Waals surface area (Å²) in [5, 5.41) is 6.55. The van der Waals surface area contributed by atoms with E-state index >= 15 is 0 Å². The van der Waals surface area contributed by atoms with Gasteiger partial charge in [0.25, 0.3) is 0 Å². The van der Waals surface area contributed by atoms with E-state index in [1.54, 1.807) is 7.05 Å². The highest BCUT2D eigenvalue weighted by atomic mass is 127. The Morgan fingerprint density at radius 2 is 2.09 bits per heavy atom. The van der Waals surface area contributed by atoms with E-state index < -0.39 is 0 Å². The molecule has 0 radical (unpaired) electrons. The van der Waals surface area contributed by atoms with Gasteiger partial charge in [-0.15, -0.1) is 24.0 Å². The van der Waals surface area contributed by atoms with Crippen LogP contribution >= 0.6 is 24.0 Å². The first-order valence-corrected chi connectivity index (χ1v) is 7.48. The number of hydrogen-bond acceptors (Lipinski definition) is 3. The van der Waals surface area contributed by atoms with Crippen LogP contribution in [0.15, 0.2) is 35.3 Å². The van der Waals surface area contributed by atoms with Crippen LogP contribution in [0.25, 0.3) is 0 Å². The fourth-order valence-corrected chi connectivity index (χ4v) is 2.32. The molecule has 5 nitrogen and oxygen atoms in total. The van der Waals surface area contributed by atoms with Gasteiger partial charge in [0.05, 0.1) is 12.1 Å². The van der Waals surface area contributed by atoms with Gasteiger partial charge in [0.1, 0.15) is 12.4 Å². The van der Waals surface area contributed by atoms with Crippen molar-refractivity contribution in [1.82, 2.24) is 10.6 Å². The van der Waals surface area contributed by atoms with Crippen LogP contribution in [-0.2, 0) is 4.74 Å². The van der Waals surface area contributed by atoms with Crippen molar-refractivity contribution in [3.63, 3.8) is 0 Å². The molecule has 1 saturated heterocycles. The maximum absolute atomic E-state index is 5.75. The fourth-order valence-electron chi connectivity index (χ4n) is 2.32. The molecule has 0 spiro atoms. The van der Waals surface area contributed by atoms with E-state index in [9.17, 15) is 0 Å².